The SMILES string of the molecule is CC(=O)OC(C)=O.CCCCc1ccc([C@@H](O)[C@H](C)C(=O)N2C(=O)OC[C@@H]2Cc2ccccc2)o1.CCCCc1ccc([C@@H](OC(C)=O)[C@H](C)C(=O)N2C(=O)OC[C@@H]2Cc2ccccc2)o1. The fourth-order valence-electron chi connectivity index (χ4n) is 7.34. The monoisotopic (exact) mass is 914 g/mol. The zero-order valence-corrected chi connectivity index (χ0v) is 38.8. The number of furan rings is 2. The third-order valence-electron chi connectivity index (χ3n) is 10.8. The highest BCUT2D eigenvalue weighted by atomic mass is 16.6. The fourth-order valence-corrected chi connectivity index (χ4v) is 7.34. The Kier molecular flexibility index (Phi) is 20.4. The summed E-state index contributed by atoms with van der Waals surface area (Å²) in [4.78, 5) is 84.5. The van der Waals surface area contributed by atoms with Gasteiger partial charge < -0.3 is 32.9 Å². The second-order valence-electron chi connectivity index (χ2n) is 16.2. The highest BCUT2D eigenvalue weighted by Gasteiger charge is 2.44. The Morgan fingerprint density at radius 1 is 0.621 bits per heavy atom. The van der Waals surface area contributed by atoms with E-state index in [2.05, 4.69) is 18.6 Å². The van der Waals surface area contributed by atoms with Gasteiger partial charge in [-0.3, -0.25) is 24.0 Å². The molecule has 2 aliphatic heterocycles. The molecule has 356 valence electrons. The molecule has 2 fully saturated rings. The van der Waals surface area contributed by atoms with E-state index in [1.165, 1.54) is 20.8 Å². The number of esters is 3. The molecule has 6 atom stereocenters. The minimum absolute atomic E-state index is 0.131. The summed E-state index contributed by atoms with van der Waals surface area (Å²) in [5, 5.41) is 10.6. The van der Waals surface area contributed by atoms with Crippen LogP contribution in [0.3, 0.4) is 0 Å². The molecule has 16 heteroatoms. The predicted octanol–water partition coefficient (Wildman–Crippen LogP) is 8.43. The van der Waals surface area contributed by atoms with Crippen molar-refractivity contribution in [3.05, 3.63) is 119 Å². The van der Waals surface area contributed by atoms with Crippen molar-refractivity contribution in [1.29, 1.82) is 0 Å². The van der Waals surface area contributed by atoms with Crippen LogP contribution in [0.1, 0.15) is 121 Å². The maximum atomic E-state index is 13.3. The Balaban J connectivity index is 0.000000253. The molecule has 0 spiro atoms. The fraction of sp³-hybridized carbons (Fsp3) is 0.460. The lowest BCUT2D eigenvalue weighted by molar-refractivity contribution is -0.157. The normalized spacial score (nSPS) is 17.2. The Morgan fingerprint density at radius 2 is 1.05 bits per heavy atom. The number of hydrogen-bond donors (Lipinski definition) is 1. The van der Waals surface area contributed by atoms with Crippen molar-refractivity contribution < 1.29 is 66.5 Å². The van der Waals surface area contributed by atoms with E-state index in [1.807, 2.05) is 72.8 Å². The first-order valence-corrected chi connectivity index (χ1v) is 22.3. The number of amides is 4. The standard InChI is InChI=1S/C24H29NO6.C22H27NO5.C4H6O3/c1-4-5-11-20-12-13-21(31-20)22(30-17(3)26)16(2)23(27)25-19(15-29-24(25)28)14-18-9-7-6-8-10-18;1-3-4-10-18-11-12-19(28-18)20(24)15(2)21(25)23-17(14-27-22(23)26)13-16-8-6-5-7-9-16;1-3(5)7-4(2)6/h6-10,12-13,16,19,22H,4-5,11,14-15H2,1-3H3;5-9,11-12,15,17,20,24H,3-4,10,13-14H2,1-2H3;1-2H3/t16-,19-,22-;15-,17-,20-;/m00./s1. The zero-order chi connectivity index (χ0) is 48.3. The van der Waals surface area contributed by atoms with Crippen LogP contribution in [-0.2, 0) is 68.6 Å². The van der Waals surface area contributed by atoms with Gasteiger partial charge in [0.2, 0.25) is 11.8 Å². The van der Waals surface area contributed by atoms with Crippen LogP contribution in [0.5, 0.6) is 0 Å². The van der Waals surface area contributed by atoms with Crippen molar-refractivity contribution >= 4 is 41.9 Å². The molecule has 2 saturated heterocycles. The van der Waals surface area contributed by atoms with Gasteiger partial charge in [-0.15, -0.1) is 0 Å². The molecule has 2 aliphatic rings. The summed E-state index contributed by atoms with van der Waals surface area (Å²) in [6.45, 7) is 11.4. The second kappa shape index (κ2) is 25.8. The van der Waals surface area contributed by atoms with Gasteiger partial charge in [0, 0.05) is 33.6 Å². The molecule has 16 nitrogen and oxygen atoms in total. The lowest BCUT2D eigenvalue weighted by atomic mass is 9.98. The van der Waals surface area contributed by atoms with E-state index in [9.17, 15) is 38.7 Å². The Bertz CT molecular complexity index is 2200. The highest BCUT2D eigenvalue weighted by molar-refractivity contribution is 5.95. The van der Waals surface area contributed by atoms with E-state index in [-0.39, 0.29) is 19.3 Å². The first-order chi connectivity index (χ1) is 31.5. The molecule has 0 unspecified atom stereocenters. The van der Waals surface area contributed by atoms with Crippen molar-refractivity contribution in [3.63, 3.8) is 0 Å². The summed E-state index contributed by atoms with van der Waals surface area (Å²) in [5.74, 6) is -1.90. The first kappa shape index (κ1) is 52.1. The second-order valence-corrected chi connectivity index (χ2v) is 16.2. The Morgan fingerprint density at radius 3 is 1.45 bits per heavy atom. The van der Waals surface area contributed by atoms with Crippen molar-refractivity contribution in [2.75, 3.05) is 13.2 Å². The smallest absolute Gasteiger partial charge is 0.416 e. The molecule has 0 radical (unpaired) electrons. The van der Waals surface area contributed by atoms with Gasteiger partial charge in [0.1, 0.15) is 42.4 Å². The molecule has 4 heterocycles. The van der Waals surface area contributed by atoms with Gasteiger partial charge in [-0.05, 0) is 68.0 Å². The number of aryl methyl sites for hydroxylation is 2. The van der Waals surface area contributed by atoms with Crippen LogP contribution in [0, 0.1) is 11.8 Å². The Hall–Kier alpha value is -6.55. The number of rotatable bonds is 17. The molecular weight excluding hydrogens is 853 g/mol. The van der Waals surface area contributed by atoms with Crippen LogP contribution in [0.15, 0.2) is 93.8 Å². The number of aliphatic hydroxyl groups is 1. The van der Waals surface area contributed by atoms with Crippen LogP contribution in [0.2, 0.25) is 0 Å². The number of hydrogen-bond acceptors (Lipinski definition) is 14. The lowest BCUT2D eigenvalue weighted by Crippen LogP contribution is -2.44. The largest absolute Gasteiger partial charge is 0.463 e. The molecule has 1 N–H and O–H groups in total. The van der Waals surface area contributed by atoms with Gasteiger partial charge in [0.15, 0.2) is 6.10 Å². The third-order valence-corrected chi connectivity index (χ3v) is 10.8. The molecule has 6 rings (SSSR count). The number of unbranched alkanes of at least 4 members (excludes halogenated alkanes) is 2. The van der Waals surface area contributed by atoms with Crippen LogP contribution >= 0.6 is 0 Å². The minimum atomic E-state index is -1.12. The molecule has 4 amide bonds. The molecule has 2 aromatic carbocycles. The maximum absolute atomic E-state index is 13.3. The Labute approximate surface area is 385 Å². The van der Waals surface area contributed by atoms with Gasteiger partial charge in [-0.2, -0.15) is 0 Å². The molecular formula is C50H62N2O14. The predicted molar refractivity (Wildman–Crippen MR) is 239 cm³/mol. The average Bonchev–Trinajstić information content (AvgIpc) is 4.11. The molecule has 0 bridgehead atoms. The minimum Gasteiger partial charge on any atom is -0.463 e. The van der Waals surface area contributed by atoms with E-state index in [0.29, 0.717) is 24.4 Å². The van der Waals surface area contributed by atoms with E-state index >= 15 is 0 Å². The van der Waals surface area contributed by atoms with Crippen LogP contribution in [0.4, 0.5) is 9.59 Å². The van der Waals surface area contributed by atoms with Gasteiger partial charge in [-0.25, -0.2) is 19.4 Å². The summed E-state index contributed by atoms with van der Waals surface area (Å²) >= 11 is 0. The van der Waals surface area contributed by atoms with E-state index in [1.54, 1.807) is 26.0 Å². The van der Waals surface area contributed by atoms with Crippen molar-refractivity contribution in [3.8, 4) is 0 Å². The van der Waals surface area contributed by atoms with Crippen molar-refractivity contribution in [1.82, 2.24) is 9.80 Å². The number of benzene rings is 2. The number of ether oxygens (including phenoxy) is 4. The number of aliphatic hydroxyl groups excluding tert-OH is 1. The lowest BCUT2D eigenvalue weighted by Gasteiger charge is -2.27. The first-order valence-electron chi connectivity index (χ1n) is 22.3. The van der Waals surface area contributed by atoms with Crippen LogP contribution in [0.25, 0.3) is 0 Å². The van der Waals surface area contributed by atoms with Gasteiger partial charge >= 0.3 is 30.1 Å². The zero-order valence-electron chi connectivity index (χ0n) is 38.8. The molecule has 0 aliphatic carbocycles. The summed E-state index contributed by atoms with van der Waals surface area (Å²) in [7, 11) is 0. The molecule has 0 saturated carbocycles. The average molecular weight is 915 g/mol. The van der Waals surface area contributed by atoms with Gasteiger partial charge in [0.25, 0.3) is 0 Å². The molecule has 2 aromatic heterocycles. The summed E-state index contributed by atoms with van der Waals surface area (Å²) in [6, 6.07) is 25.5. The van der Waals surface area contributed by atoms with E-state index in [0.717, 1.165) is 71.0 Å². The van der Waals surface area contributed by atoms with Gasteiger partial charge in [0.05, 0.1) is 23.9 Å². The number of carbonyl (C=O) groups excluding carboxylic acids is 7. The number of imide groups is 2. The molecule has 66 heavy (non-hydrogen) atoms. The summed E-state index contributed by atoms with van der Waals surface area (Å²) < 4.78 is 31.3. The number of nitrogens with zero attached hydrogens (tertiary/aromatic N) is 2. The van der Waals surface area contributed by atoms with Crippen molar-refractivity contribution in [2.24, 2.45) is 11.8 Å². The number of cyclic esters (lactones) is 2. The van der Waals surface area contributed by atoms with Crippen molar-refractivity contribution in [2.45, 2.75) is 124 Å². The van der Waals surface area contributed by atoms with E-state index in [4.69, 9.17) is 23.0 Å². The van der Waals surface area contributed by atoms with Crippen LogP contribution < -0.4 is 0 Å². The van der Waals surface area contributed by atoms with Gasteiger partial charge in [-0.1, -0.05) is 94.3 Å². The number of carbonyl (C=O) groups is 7. The maximum Gasteiger partial charge on any atom is 0.416 e. The quantitative estimate of drug-likeness (QED) is 0.0599. The van der Waals surface area contributed by atoms with Crippen LogP contribution in [-0.4, -0.2) is 82.1 Å². The molecule has 4 aromatic rings. The third kappa shape index (κ3) is 15.3. The summed E-state index contributed by atoms with van der Waals surface area (Å²) in [6.07, 6.45) is 3.24. The van der Waals surface area contributed by atoms with E-state index < -0.39 is 72.0 Å². The summed E-state index contributed by atoms with van der Waals surface area (Å²) in [5.41, 5.74) is 2.02. The topological polar surface area (TPSA) is 209 Å². The highest BCUT2D eigenvalue weighted by Crippen LogP contribution is 2.33.